The first-order chi connectivity index (χ1) is 12.9. The van der Waals surface area contributed by atoms with Gasteiger partial charge in [-0.05, 0) is 57.6 Å². The molecule has 0 amide bonds. The standard InChI is InChI=1S/C20H33N3O3S/c1-4-21-20(22-12-7-13-27(3,24)25)23-15-17-11-10-16(2)14-19(17)26-18-8-5-6-9-18/h10-11,14,18H,4-9,12-13,15H2,1-3H3,(H2,21,22,23). The second-order valence-electron chi connectivity index (χ2n) is 7.24. The van der Waals surface area contributed by atoms with E-state index in [0.717, 1.165) is 30.7 Å². The van der Waals surface area contributed by atoms with Crippen molar-refractivity contribution in [3.63, 3.8) is 0 Å². The number of ether oxygens (including phenoxy) is 1. The number of aliphatic imine (C=N–C) groups is 1. The number of rotatable bonds is 9. The molecule has 1 aliphatic carbocycles. The first-order valence-corrected chi connectivity index (χ1v) is 11.9. The predicted molar refractivity (Wildman–Crippen MR) is 111 cm³/mol. The fourth-order valence-electron chi connectivity index (χ4n) is 3.13. The normalized spacial score (nSPS) is 15.7. The molecule has 1 saturated carbocycles. The van der Waals surface area contributed by atoms with E-state index in [1.54, 1.807) is 0 Å². The summed E-state index contributed by atoms with van der Waals surface area (Å²) in [6, 6.07) is 6.25. The Kier molecular flexibility index (Phi) is 8.41. The van der Waals surface area contributed by atoms with Gasteiger partial charge in [0.15, 0.2) is 5.96 Å². The second kappa shape index (κ2) is 10.5. The van der Waals surface area contributed by atoms with Gasteiger partial charge in [0.25, 0.3) is 0 Å². The van der Waals surface area contributed by atoms with Crippen LogP contribution in [0.25, 0.3) is 0 Å². The van der Waals surface area contributed by atoms with Gasteiger partial charge in [-0.2, -0.15) is 0 Å². The molecule has 1 aromatic rings. The maximum atomic E-state index is 11.2. The summed E-state index contributed by atoms with van der Waals surface area (Å²) in [6.07, 6.45) is 6.87. The fraction of sp³-hybridized carbons (Fsp3) is 0.650. The molecule has 0 spiro atoms. The van der Waals surface area contributed by atoms with Crippen LogP contribution in [0.4, 0.5) is 0 Å². The monoisotopic (exact) mass is 395 g/mol. The van der Waals surface area contributed by atoms with Crippen molar-refractivity contribution in [1.82, 2.24) is 10.6 Å². The summed E-state index contributed by atoms with van der Waals surface area (Å²) in [6.45, 7) is 5.91. The molecule has 0 aromatic heterocycles. The number of hydrogen-bond acceptors (Lipinski definition) is 4. The lowest BCUT2D eigenvalue weighted by molar-refractivity contribution is 0.208. The highest BCUT2D eigenvalue weighted by Crippen LogP contribution is 2.28. The Balaban J connectivity index is 1.99. The molecule has 0 saturated heterocycles. The summed E-state index contributed by atoms with van der Waals surface area (Å²) < 4.78 is 28.7. The van der Waals surface area contributed by atoms with Gasteiger partial charge in [-0.1, -0.05) is 12.1 Å². The van der Waals surface area contributed by atoms with Crippen LogP contribution in [0.2, 0.25) is 0 Å². The molecule has 2 rings (SSSR count). The van der Waals surface area contributed by atoms with Crippen LogP contribution >= 0.6 is 0 Å². The highest BCUT2D eigenvalue weighted by Gasteiger charge is 2.18. The molecule has 6 nitrogen and oxygen atoms in total. The van der Waals surface area contributed by atoms with Gasteiger partial charge in [0.2, 0.25) is 0 Å². The first kappa shape index (κ1) is 21.5. The molecule has 0 unspecified atom stereocenters. The van der Waals surface area contributed by atoms with Gasteiger partial charge in [0.1, 0.15) is 15.6 Å². The maximum Gasteiger partial charge on any atom is 0.191 e. The molecular weight excluding hydrogens is 362 g/mol. The Morgan fingerprint density at radius 3 is 2.67 bits per heavy atom. The van der Waals surface area contributed by atoms with Gasteiger partial charge in [-0.3, -0.25) is 0 Å². The number of nitrogens with one attached hydrogen (secondary N) is 2. The van der Waals surface area contributed by atoms with Crippen LogP contribution < -0.4 is 15.4 Å². The van der Waals surface area contributed by atoms with E-state index in [1.807, 2.05) is 6.92 Å². The summed E-state index contributed by atoms with van der Waals surface area (Å²) in [4.78, 5) is 4.65. The molecule has 1 fully saturated rings. The third-order valence-electron chi connectivity index (χ3n) is 4.55. The smallest absolute Gasteiger partial charge is 0.191 e. The number of benzene rings is 1. The minimum absolute atomic E-state index is 0.177. The van der Waals surface area contributed by atoms with Gasteiger partial charge in [-0.25, -0.2) is 13.4 Å². The average Bonchev–Trinajstić information content (AvgIpc) is 3.10. The van der Waals surface area contributed by atoms with Gasteiger partial charge < -0.3 is 15.4 Å². The van der Waals surface area contributed by atoms with Crippen molar-refractivity contribution in [3.05, 3.63) is 29.3 Å². The summed E-state index contributed by atoms with van der Waals surface area (Å²) in [5.74, 6) is 1.80. The lowest BCUT2D eigenvalue weighted by atomic mass is 10.1. The topological polar surface area (TPSA) is 79.8 Å². The summed E-state index contributed by atoms with van der Waals surface area (Å²) >= 11 is 0. The van der Waals surface area contributed by atoms with E-state index in [-0.39, 0.29) is 5.75 Å². The highest BCUT2D eigenvalue weighted by atomic mass is 32.2. The van der Waals surface area contributed by atoms with Crippen molar-refractivity contribution in [2.75, 3.05) is 25.1 Å². The van der Waals surface area contributed by atoms with E-state index >= 15 is 0 Å². The zero-order valence-electron chi connectivity index (χ0n) is 16.8. The van der Waals surface area contributed by atoms with E-state index in [9.17, 15) is 8.42 Å². The van der Waals surface area contributed by atoms with E-state index in [0.29, 0.717) is 31.6 Å². The van der Waals surface area contributed by atoms with Crippen LogP contribution in [0, 0.1) is 6.92 Å². The molecule has 7 heteroatoms. The highest BCUT2D eigenvalue weighted by molar-refractivity contribution is 7.90. The minimum Gasteiger partial charge on any atom is -0.490 e. The molecule has 2 N–H and O–H groups in total. The quantitative estimate of drug-likeness (QED) is 0.382. The van der Waals surface area contributed by atoms with Crippen LogP contribution in [0.3, 0.4) is 0 Å². The van der Waals surface area contributed by atoms with Crippen molar-refractivity contribution in [2.24, 2.45) is 4.99 Å². The Bertz CT molecular complexity index is 726. The first-order valence-electron chi connectivity index (χ1n) is 9.83. The van der Waals surface area contributed by atoms with E-state index in [2.05, 4.69) is 40.7 Å². The maximum absolute atomic E-state index is 11.2. The number of sulfone groups is 1. The number of nitrogens with zero attached hydrogens (tertiary/aromatic N) is 1. The third-order valence-corrected chi connectivity index (χ3v) is 5.58. The van der Waals surface area contributed by atoms with Crippen LogP contribution in [-0.4, -0.2) is 45.6 Å². The van der Waals surface area contributed by atoms with Crippen molar-refractivity contribution < 1.29 is 13.2 Å². The zero-order chi connectivity index (χ0) is 19.7. The van der Waals surface area contributed by atoms with Crippen LogP contribution in [0.15, 0.2) is 23.2 Å². The number of aryl methyl sites for hydroxylation is 1. The Morgan fingerprint density at radius 1 is 1.26 bits per heavy atom. The van der Waals surface area contributed by atoms with E-state index in [4.69, 9.17) is 4.74 Å². The lowest BCUT2D eigenvalue weighted by Gasteiger charge is -2.17. The summed E-state index contributed by atoms with van der Waals surface area (Å²) in [5.41, 5.74) is 2.25. The van der Waals surface area contributed by atoms with E-state index in [1.165, 1.54) is 24.7 Å². The Morgan fingerprint density at radius 2 is 2.00 bits per heavy atom. The fourth-order valence-corrected chi connectivity index (χ4v) is 3.80. The van der Waals surface area contributed by atoms with Crippen LogP contribution in [0.1, 0.15) is 50.2 Å². The largest absolute Gasteiger partial charge is 0.490 e. The molecule has 0 bridgehead atoms. The SMILES string of the molecule is CCNC(=NCc1ccc(C)cc1OC1CCCC1)NCCCS(C)(=O)=O. The third kappa shape index (κ3) is 8.20. The van der Waals surface area contributed by atoms with Crippen molar-refractivity contribution in [3.8, 4) is 5.75 Å². The average molecular weight is 396 g/mol. The molecule has 1 aromatic carbocycles. The van der Waals surface area contributed by atoms with Gasteiger partial charge in [0.05, 0.1) is 18.4 Å². The second-order valence-corrected chi connectivity index (χ2v) is 9.50. The molecule has 0 aliphatic heterocycles. The van der Waals surface area contributed by atoms with Gasteiger partial charge in [-0.15, -0.1) is 0 Å². The Labute approximate surface area is 163 Å². The van der Waals surface area contributed by atoms with Crippen LogP contribution in [0.5, 0.6) is 5.75 Å². The molecular formula is C20H33N3O3S. The molecule has 27 heavy (non-hydrogen) atoms. The van der Waals surface area contributed by atoms with E-state index < -0.39 is 9.84 Å². The molecule has 152 valence electrons. The molecule has 0 atom stereocenters. The molecule has 0 heterocycles. The van der Waals surface area contributed by atoms with Crippen molar-refractivity contribution in [2.45, 2.75) is 58.6 Å². The number of guanidine groups is 1. The molecule has 1 aliphatic rings. The predicted octanol–water partition coefficient (Wildman–Crippen LogP) is 2.81. The lowest BCUT2D eigenvalue weighted by Crippen LogP contribution is -2.38. The van der Waals surface area contributed by atoms with Gasteiger partial charge in [0, 0.05) is 24.9 Å². The zero-order valence-corrected chi connectivity index (χ0v) is 17.6. The minimum atomic E-state index is -2.93. The van der Waals surface area contributed by atoms with Gasteiger partial charge >= 0.3 is 0 Å². The molecule has 0 radical (unpaired) electrons. The Hall–Kier alpha value is -1.76. The van der Waals surface area contributed by atoms with Crippen LogP contribution in [-0.2, 0) is 16.4 Å². The summed E-state index contributed by atoms with van der Waals surface area (Å²) in [5, 5.41) is 6.40. The van der Waals surface area contributed by atoms with Crippen molar-refractivity contribution >= 4 is 15.8 Å². The summed E-state index contributed by atoms with van der Waals surface area (Å²) in [7, 11) is -2.93. The van der Waals surface area contributed by atoms with Crippen molar-refractivity contribution in [1.29, 1.82) is 0 Å². The number of hydrogen-bond donors (Lipinski definition) is 2.